The van der Waals surface area contributed by atoms with Gasteiger partial charge < -0.3 is 24.4 Å². The second kappa shape index (κ2) is 4.00. The first-order valence-corrected chi connectivity index (χ1v) is 4.86. The molecule has 0 aromatic carbocycles. The summed E-state index contributed by atoms with van der Waals surface area (Å²) >= 11 is 0. The van der Waals surface area contributed by atoms with Gasteiger partial charge in [0.05, 0.1) is 0 Å². The Morgan fingerprint density at radius 1 is 1.50 bits per heavy atom. The lowest BCUT2D eigenvalue weighted by molar-refractivity contribution is -0.233. The lowest BCUT2D eigenvalue weighted by Gasteiger charge is -2.32. The van der Waals surface area contributed by atoms with Crippen LogP contribution < -0.4 is 0 Å². The van der Waals surface area contributed by atoms with Crippen molar-refractivity contribution in [2.45, 2.75) is 31.5 Å². The zero-order chi connectivity index (χ0) is 11.9. The molecule has 5 unspecified atom stereocenters. The number of rotatable bonds is 2. The van der Waals surface area contributed by atoms with Crippen LogP contribution in [0.4, 0.5) is 0 Å². The number of fused-ring (bicyclic) bond motifs is 2. The molecule has 0 saturated carbocycles. The molecule has 2 aliphatic rings. The summed E-state index contributed by atoms with van der Waals surface area (Å²) in [6.07, 6.45) is -4.28. The third-order valence-corrected chi connectivity index (χ3v) is 2.67. The van der Waals surface area contributed by atoms with Crippen molar-refractivity contribution in [2.75, 3.05) is 6.61 Å². The Balaban J connectivity index is 2.06. The minimum Gasteiger partial charge on any atom is -0.463 e. The molecule has 2 N–H and O–H groups in total. The molecule has 5 atom stereocenters. The molecule has 2 fully saturated rings. The van der Waals surface area contributed by atoms with Gasteiger partial charge >= 0.3 is 11.9 Å². The summed E-state index contributed by atoms with van der Waals surface area (Å²) in [5, 5.41) is 19.1. The van der Waals surface area contributed by atoms with Gasteiger partial charge in [-0.1, -0.05) is 0 Å². The van der Waals surface area contributed by atoms with Crippen LogP contribution in [-0.4, -0.2) is 53.4 Å². The van der Waals surface area contributed by atoms with Crippen molar-refractivity contribution in [1.82, 2.24) is 0 Å². The number of carbonyl (C=O) groups excluding carboxylic acids is 2. The van der Waals surface area contributed by atoms with E-state index in [2.05, 4.69) is 4.74 Å². The average Bonchev–Trinajstić information content (AvgIpc) is 2.40. The van der Waals surface area contributed by atoms with Gasteiger partial charge in [0.2, 0.25) is 0 Å². The van der Waals surface area contributed by atoms with Crippen molar-refractivity contribution >= 4 is 11.9 Å². The van der Waals surface area contributed by atoms with E-state index in [-0.39, 0.29) is 6.61 Å². The largest absolute Gasteiger partial charge is 0.463 e. The molecule has 0 aliphatic carbocycles. The van der Waals surface area contributed by atoms with Crippen molar-refractivity contribution in [2.24, 2.45) is 5.92 Å². The summed E-state index contributed by atoms with van der Waals surface area (Å²) in [6.45, 7) is 1.05. The first-order chi connectivity index (χ1) is 7.50. The summed E-state index contributed by atoms with van der Waals surface area (Å²) < 4.78 is 14.6. The van der Waals surface area contributed by atoms with Crippen LogP contribution >= 0.6 is 0 Å². The fourth-order valence-corrected chi connectivity index (χ4v) is 1.88. The van der Waals surface area contributed by atoms with E-state index in [1.54, 1.807) is 0 Å². The predicted molar refractivity (Wildman–Crippen MR) is 46.9 cm³/mol. The van der Waals surface area contributed by atoms with Gasteiger partial charge in [-0.15, -0.1) is 0 Å². The van der Waals surface area contributed by atoms with Crippen molar-refractivity contribution in [3.05, 3.63) is 0 Å². The molecule has 2 saturated heterocycles. The lowest BCUT2D eigenvalue weighted by Crippen LogP contribution is -2.51. The Bertz CT molecular complexity index is 315. The minimum absolute atomic E-state index is 0.172. The highest BCUT2D eigenvalue weighted by Crippen LogP contribution is 2.34. The van der Waals surface area contributed by atoms with Gasteiger partial charge in [0.1, 0.15) is 24.7 Å². The Hall–Kier alpha value is -1.18. The fourth-order valence-electron chi connectivity index (χ4n) is 1.88. The zero-order valence-electron chi connectivity index (χ0n) is 8.53. The van der Waals surface area contributed by atoms with E-state index in [0.29, 0.717) is 0 Å². The highest BCUT2D eigenvalue weighted by atomic mass is 16.7. The monoisotopic (exact) mass is 232 g/mol. The first kappa shape index (κ1) is 11.3. The second-order valence-electron chi connectivity index (χ2n) is 3.79. The van der Waals surface area contributed by atoms with Crippen LogP contribution in [0, 0.1) is 5.92 Å². The molecule has 90 valence electrons. The van der Waals surface area contributed by atoms with Crippen LogP contribution in [0.1, 0.15) is 6.92 Å². The third-order valence-electron chi connectivity index (χ3n) is 2.67. The minimum atomic E-state index is -1.43. The zero-order valence-corrected chi connectivity index (χ0v) is 8.53. The molecule has 2 rings (SSSR count). The van der Waals surface area contributed by atoms with Gasteiger partial charge in [-0.3, -0.25) is 9.59 Å². The molecule has 16 heavy (non-hydrogen) atoms. The molecule has 2 aliphatic heterocycles. The SMILES string of the molecule is CC(=O)OCC1OC(O)C2C(=O)OC1C2O. The number of ether oxygens (including phenoxy) is 3. The van der Waals surface area contributed by atoms with E-state index in [4.69, 9.17) is 9.47 Å². The van der Waals surface area contributed by atoms with E-state index in [0.717, 1.165) is 0 Å². The number of esters is 2. The number of hydrogen-bond acceptors (Lipinski definition) is 7. The molecule has 0 aromatic heterocycles. The van der Waals surface area contributed by atoms with E-state index in [9.17, 15) is 19.8 Å². The molecule has 0 radical (unpaired) electrons. The van der Waals surface area contributed by atoms with Gasteiger partial charge in [-0.05, 0) is 0 Å². The van der Waals surface area contributed by atoms with E-state index in [1.165, 1.54) is 6.92 Å². The Morgan fingerprint density at radius 3 is 2.81 bits per heavy atom. The Morgan fingerprint density at radius 2 is 2.19 bits per heavy atom. The topological polar surface area (TPSA) is 102 Å². The molecule has 7 heteroatoms. The van der Waals surface area contributed by atoms with Crippen LogP contribution in [-0.2, 0) is 23.8 Å². The van der Waals surface area contributed by atoms with Crippen molar-refractivity contribution in [3.8, 4) is 0 Å². The first-order valence-electron chi connectivity index (χ1n) is 4.86. The molecule has 7 nitrogen and oxygen atoms in total. The maximum Gasteiger partial charge on any atom is 0.317 e. The van der Waals surface area contributed by atoms with Crippen LogP contribution in [0.3, 0.4) is 0 Å². The summed E-state index contributed by atoms with van der Waals surface area (Å²) in [5.41, 5.74) is 0. The van der Waals surface area contributed by atoms with Crippen molar-refractivity contribution < 1.29 is 34.0 Å². The standard InChI is InChI=1S/C9H12O7/c1-3(10)14-2-4-7-6(11)5(8(12)15-4)9(13)16-7/h4-8,11-12H,2H2,1H3. The van der Waals surface area contributed by atoms with Gasteiger partial charge in [0.15, 0.2) is 12.4 Å². The van der Waals surface area contributed by atoms with Gasteiger partial charge in [-0.2, -0.15) is 0 Å². The van der Waals surface area contributed by atoms with E-state index < -0.39 is 42.5 Å². The molecule has 0 aromatic rings. The van der Waals surface area contributed by atoms with Crippen LogP contribution in [0.25, 0.3) is 0 Å². The Labute approximate surface area is 90.9 Å². The molecule has 2 heterocycles. The van der Waals surface area contributed by atoms with Gasteiger partial charge in [-0.25, -0.2) is 0 Å². The highest BCUT2D eigenvalue weighted by Gasteiger charge is 2.56. The summed E-state index contributed by atoms with van der Waals surface area (Å²) in [6, 6.07) is 0. The molecule has 0 amide bonds. The predicted octanol–water partition coefficient (Wildman–Crippen LogP) is -1.83. The second-order valence-corrected chi connectivity index (χ2v) is 3.79. The molecule has 0 spiro atoms. The van der Waals surface area contributed by atoms with Gasteiger partial charge in [0, 0.05) is 6.92 Å². The van der Waals surface area contributed by atoms with Crippen molar-refractivity contribution in [3.63, 3.8) is 0 Å². The average molecular weight is 232 g/mol. The quantitative estimate of drug-likeness (QED) is 0.540. The Kier molecular flexibility index (Phi) is 2.83. The summed E-state index contributed by atoms with van der Waals surface area (Å²) in [5.74, 6) is -2.28. The van der Waals surface area contributed by atoms with Crippen LogP contribution in [0.5, 0.6) is 0 Å². The molecular weight excluding hydrogens is 220 g/mol. The number of carbonyl (C=O) groups is 2. The number of aliphatic hydroxyl groups is 2. The number of aliphatic hydroxyl groups excluding tert-OH is 2. The van der Waals surface area contributed by atoms with E-state index in [1.807, 2.05) is 0 Å². The van der Waals surface area contributed by atoms with Crippen LogP contribution in [0.15, 0.2) is 0 Å². The smallest absolute Gasteiger partial charge is 0.317 e. The third kappa shape index (κ3) is 1.77. The summed E-state index contributed by atoms with van der Waals surface area (Å²) in [4.78, 5) is 21.8. The van der Waals surface area contributed by atoms with E-state index >= 15 is 0 Å². The fraction of sp³-hybridized carbons (Fsp3) is 0.778. The summed E-state index contributed by atoms with van der Waals surface area (Å²) in [7, 11) is 0. The lowest BCUT2D eigenvalue weighted by atomic mass is 9.94. The maximum atomic E-state index is 11.2. The number of hydrogen-bond donors (Lipinski definition) is 2. The normalized spacial score (nSPS) is 41.7. The maximum absolute atomic E-state index is 11.2. The molecule has 2 bridgehead atoms. The van der Waals surface area contributed by atoms with Crippen molar-refractivity contribution in [1.29, 1.82) is 0 Å². The highest BCUT2D eigenvalue weighted by molar-refractivity contribution is 5.76. The van der Waals surface area contributed by atoms with Gasteiger partial charge in [0.25, 0.3) is 0 Å². The molecular formula is C9H12O7. The van der Waals surface area contributed by atoms with Crippen LogP contribution in [0.2, 0.25) is 0 Å².